The minimum atomic E-state index is -4.68. The molecular formula is C24H17N3O9S. The van der Waals surface area contributed by atoms with Gasteiger partial charge in [0.2, 0.25) is 0 Å². The summed E-state index contributed by atoms with van der Waals surface area (Å²) in [7, 11) is -3.45. The number of nitro benzene ring substituents is 1. The minimum absolute atomic E-state index is 0.0320. The molecule has 0 aliphatic carbocycles. The number of nitro groups is 1. The largest absolute Gasteiger partial charge is 0.493 e. The highest BCUT2D eigenvalue weighted by molar-refractivity contribution is 7.87. The lowest BCUT2D eigenvalue weighted by molar-refractivity contribution is -0.387. The number of nitriles is 1. The zero-order chi connectivity index (χ0) is 27.2. The number of ether oxygens (including phenoxy) is 1. The van der Waals surface area contributed by atoms with Gasteiger partial charge < -0.3 is 19.3 Å². The first-order valence-electron chi connectivity index (χ1n) is 10.2. The van der Waals surface area contributed by atoms with E-state index in [1.165, 1.54) is 55.6 Å². The molecule has 3 aromatic carbocycles. The summed E-state index contributed by atoms with van der Waals surface area (Å²) in [6.07, 6.45) is 1.11. The van der Waals surface area contributed by atoms with E-state index in [4.69, 9.17) is 8.92 Å². The highest BCUT2D eigenvalue weighted by atomic mass is 32.2. The molecule has 12 nitrogen and oxygen atoms in total. The van der Waals surface area contributed by atoms with Crippen LogP contribution >= 0.6 is 0 Å². The average molecular weight is 523 g/mol. The van der Waals surface area contributed by atoms with E-state index in [0.717, 1.165) is 24.3 Å². The van der Waals surface area contributed by atoms with Crippen molar-refractivity contribution < 1.29 is 37.0 Å². The fourth-order valence-electron chi connectivity index (χ4n) is 3.11. The Labute approximate surface area is 210 Å². The number of carboxylic acids is 1. The molecule has 0 saturated carbocycles. The lowest BCUT2D eigenvalue weighted by atomic mass is 10.1. The standard InChI is InChI=1S/C24H17N3O9S/c1-35-20-11-10-15(12-16(14-25)23(28)26-18-7-3-2-6-17(18)24(29)30)13-21(20)36-37(33,34)22-9-5-4-8-19(22)27(31)32/h2-13H,1H3,(H,26,28)(H,29,30)/b16-12+. The summed E-state index contributed by atoms with van der Waals surface area (Å²) in [5, 5.41) is 32.4. The Morgan fingerprint density at radius 2 is 1.76 bits per heavy atom. The molecule has 13 heteroatoms. The Morgan fingerprint density at radius 1 is 1.08 bits per heavy atom. The number of nitrogens with zero attached hydrogens (tertiary/aromatic N) is 2. The van der Waals surface area contributed by atoms with Crippen LogP contribution in [0.1, 0.15) is 15.9 Å². The van der Waals surface area contributed by atoms with Crippen LogP contribution in [0.25, 0.3) is 6.08 Å². The van der Waals surface area contributed by atoms with Crippen LogP contribution in [0.5, 0.6) is 11.5 Å². The summed E-state index contributed by atoms with van der Waals surface area (Å²) in [5.41, 5.74) is -1.20. The number of nitrogens with one attached hydrogen (secondary N) is 1. The van der Waals surface area contributed by atoms with Gasteiger partial charge in [-0.3, -0.25) is 14.9 Å². The Hall–Kier alpha value is -5.22. The average Bonchev–Trinajstić information content (AvgIpc) is 2.87. The summed E-state index contributed by atoms with van der Waals surface area (Å²) < 4.78 is 35.9. The normalized spacial score (nSPS) is 11.2. The van der Waals surface area contributed by atoms with E-state index in [0.29, 0.717) is 0 Å². The number of carboxylic acid groups (broad SMARTS) is 1. The lowest BCUT2D eigenvalue weighted by Gasteiger charge is -2.12. The Morgan fingerprint density at radius 3 is 2.41 bits per heavy atom. The maximum Gasteiger partial charge on any atom is 0.346 e. The van der Waals surface area contributed by atoms with Gasteiger partial charge >= 0.3 is 16.1 Å². The number of rotatable bonds is 9. The molecule has 0 saturated heterocycles. The monoisotopic (exact) mass is 523 g/mol. The number of para-hydroxylation sites is 2. The number of hydrogen-bond acceptors (Lipinski definition) is 9. The molecule has 0 fully saturated rings. The number of aromatic carboxylic acids is 1. The van der Waals surface area contributed by atoms with E-state index in [2.05, 4.69) is 5.32 Å². The topological polar surface area (TPSA) is 186 Å². The van der Waals surface area contributed by atoms with Crippen molar-refractivity contribution in [3.05, 3.63) is 93.5 Å². The third-order valence-electron chi connectivity index (χ3n) is 4.80. The van der Waals surface area contributed by atoms with Gasteiger partial charge in [-0.2, -0.15) is 13.7 Å². The van der Waals surface area contributed by atoms with E-state index in [1.807, 2.05) is 0 Å². The minimum Gasteiger partial charge on any atom is -0.493 e. The first-order valence-corrected chi connectivity index (χ1v) is 11.6. The SMILES string of the molecule is COc1ccc(/C=C(\C#N)C(=O)Nc2ccccc2C(=O)O)cc1OS(=O)(=O)c1ccccc1[N+](=O)[O-]. The van der Waals surface area contributed by atoms with Gasteiger partial charge in [0, 0.05) is 6.07 Å². The second kappa shape index (κ2) is 11.0. The van der Waals surface area contributed by atoms with Crippen molar-refractivity contribution >= 4 is 39.4 Å². The maximum atomic E-state index is 12.8. The third-order valence-corrected chi connectivity index (χ3v) is 6.08. The van der Waals surface area contributed by atoms with Gasteiger partial charge in [0.05, 0.1) is 23.3 Å². The fourth-order valence-corrected chi connectivity index (χ4v) is 4.21. The van der Waals surface area contributed by atoms with Crippen LogP contribution < -0.4 is 14.2 Å². The lowest BCUT2D eigenvalue weighted by Crippen LogP contribution is -2.16. The van der Waals surface area contributed by atoms with Crippen LogP contribution in [0, 0.1) is 21.4 Å². The highest BCUT2D eigenvalue weighted by Gasteiger charge is 2.28. The van der Waals surface area contributed by atoms with Crippen LogP contribution in [0.15, 0.2) is 77.2 Å². The molecule has 0 aromatic heterocycles. The summed E-state index contributed by atoms with van der Waals surface area (Å²) in [5.74, 6) is -2.60. The van der Waals surface area contributed by atoms with Crippen LogP contribution in [-0.2, 0) is 14.9 Å². The molecule has 3 aromatic rings. The molecule has 0 aliphatic rings. The van der Waals surface area contributed by atoms with E-state index in [9.17, 15) is 38.5 Å². The van der Waals surface area contributed by atoms with Crippen molar-refractivity contribution in [3.63, 3.8) is 0 Å². The van der Waals surface area contributed by atoms with Crippen molar-refractivity contribution in [1.29, 1.82) is 5.26 Å². The smallest absolute Gasteiger partial charge is 0.346 e. The van der Waals surface area contributed by atoms with Gasteiger partial charge in [0.15, 0.2) is 16.4 Å². The first-order chi connectivity index (χ1) is 17.6. The quantitative estimate of drug-likeness (QED) is 0.138. The van der Waals surface area contributed by atoms with Crippen molar-refractivity contribution in [2.75, 3.05) is 12.4 Å². The number of carbonyl (C=O) groups is 2. The predicted molar refractivity (Wildman–Crippen MR) is 130 cm³/mol. The summed E-state index contributed by atoms with van der Waals surface area (Å²) in [6, 6.07) is 15.8. The number of carbonyl (C=O) groups excluding carboxylic acids is 1. The molecule has 0 aliphatic heterocycles. The Kier molecular flexibility index (Phi) is 7.86. The van der Waals surface area contributed by atoms with E-state index in [1.54, 1.807) is 6.07 Å². The predicted octanol–water partition coefficient (Wildman–Crippen LogP) is 3.61. The van der Waals surface area contributed by atoms with Crippen molar-refractivity contribution in [1.82, 2.24) is 0 Å². The zero-order valence-corrected chi connectivity index (χ0v) is 19.8. The van der Waals surface area contributed by atoms with E-state index >= 15 is 0 Å². The molecule has 188 valence electrons. The molecule has 37 heavy (non-hydrogen) atoms. The number of amides is 1. The molecular weight excluding hydrogens is 506 g/mol. The van der Waals surface area contributed by atoms with E-state index < -0.39 is 43.1 Å². The zero-order valence-electron chi connectivity index (χ0n) is 18.9. The second-order valence-corrected chi connectivity index (χ2v) is 8.66. The Balaban J connectivity index is 1.96. The van der Waals surface area contributed by atoms with Crippen molar-refractivity contribution in [2.24, 2.45) is 0 Å². The van der Waals surface area contributed by atoms with E-state index in [-0.39, 0.29) is 28.3 Å². The second-order valence-electron chi connectivity index (χ2n) is 7.15. The van der Waals surface area contributed by atoms with Gasteiger partial charge in [0.1, 0.15) is 11.6 Å². The molecule has 0 atom stereocenters. The third kappa shape index (κ3) is 6.08. The maximum absolute atomic E-state index is 12.8. The van der Waals surface area contributed by atoms with Crippen molar-refractivity contribution in [3.8, 4) is 17.6 Å². The van der Waals surface area contributed by atoms with Gasteiger partial charge in [-0.05, 0) is 42.0 Å². The van der Waals surface area contributed by atoms with Gasteiger partial charge in [-0.15, -0.1) is 0 Å². The molecule has 3 rings (SSSR count). The fraction of sp³-hybridized carbons (Fsp3) is 0.0417. The number of anilines is 1. The van der Waals surface area contributed by atoms with Gasteiger partial charge in [-0.1, -0.05) is 30.3 Å². The van der Waals surface area contributed by atoms with Gasteiger partial charge in [0.25, 0.3) is 11.6 Å². The molecule has 0 radical (unpaired) electrons. The molecule has 0 heterocycles. The molecule has 0 bridgehead atoms. The summed E-state index contributed by atoms with van der Waals surface area (Å²) >= 11 is 0. The van der Waals surface area contributed by atoms with Crippen LogP contribution in [0.3, 0.4) is 0 Å². The number of methoxy groups -OCH3 is 1. The Bertz CT molecular complexity index is 1570. The summed E-state index contributed by atoms with van der Waals surface area (Å²) in [4.78, 5) is 33.7. The molecule has 0 spiro atoms. The van der Waals surface area contributed by atoms with Crippen LogP contribution in [0.2, 0.25) is 0 Å². The number of hydrogen-bond donors (Lipinski definition) is 2. The number of benzene rings is 3. The van der Waals surface area contributed by atoms with Crippen molar-refractivity contribution in [2.45, 2.75) is 4.90 Å². The van der Waals surface area contributed by atoms with Crippen LogP contribution in [-0.4, -0.2) is 37.4 Å². The first kappa shape index (κ1) is 26.4. The van der Waals surface area contributed by atoms with Crippen LogP contribution in [0.4, 0.5) is 11.4 Å². The van der Waals surface area contributed by atoms with Gasteiger partial charge in [-0.25, -0.2) is 4.79 Å². The molecule has 0 unspecified atom stereocenters. The highest BCUT2D eigenvalue weighted by Crippen LogP contribution is 2.33. The molecule has 1 amide bonds. The summed E-state index contributed by atoms with van der Waals surface area (Å²) in [6.45, 7) is 0. The molecule has 2 N–H and O–H groups in total.